The van der Waals surface area contributed by atoms with Gasteiger partial charge in [0, 0.05) is 17.8 Å². The molecule has 9 nitrogen and oxygen atoms in total. The largest absolute Gasteiger partial charge is 0.399 e. The standard InChI is InChI=1S/C20H19N7O2/c21-10-3-11-23-19-18(25-29-26-19)20-24-15-4-1-2-5-16(15)27(20)12-17(28)13-6-8-14(22)9-7-13/h1-2,4-9,23,25-26H,3,11-12,22H2. The number of rotatable bonds is 7. The van der Waals surface area contributed by atoms with Gasteiger partial charge in [-0.15, -0.1) is 0 Å². The molecule has 5 N–H and O–H groups in total. The zero-order valence-electron chi connectivity index (χ0n) is 15.5. The fraction of sp³-hybridized carbons (Fsp3) is 0.150. The highest BCUT2D eigenvalue weighted by molar-refractivity contribution is 5.97. The van der Waals surface area contributed by atoms with Gasteiger partial charge in [-0.1, -0.05) is 12.1 Å². The molecule has 0 saturated heterocycles. The average Bonchev–Trinajstić information content (AvgIpc) is 3.33. The second-order valence-electron chi connectivity index (χ2n) is 6.45. The number of nitrogen functional groups attached to an aromatic ring is 1. The summed E-state index contributed by atoms with van der Waals surface area (Å²) in [5.74, 6) is 1.03. The molecule has 146 valence electrons. The van der Waals surface area contributed by atoms with E-state index in [1.54, 1.807) is 24.3 Å². The lowest BCUT2D eigenvalue weighted by Gasteiger charge is -2.10. The molecule has 1 aliphatic rings. The van der Waals surface area contributed by atoms with E-state index in [9.17, 15) is 4.79 Å². The Morgan fingerprint density at radius 2 is 2.00 bits per heavy atom. The Balaban J connectivity index is 1.73. The lowest BCUT2D eigenvalue weighted by Crippen LogP contribution is -2.24. The number of benzene rings is 2. The maximum absolute atomic E-state index is 12.9. The number of nitrogens with zero attached hydrogens (tertiary/aromatic N) is 3. The van der Waals surface area contributed by atoms with Gasteiger partial charge in [-0.25, -0.2) is 15.9 Å². The van der Waals surface area contributed by atoms with E-state index in [0.29, 0.717) is 41.6 Å². The number of nitriles is 1. The Morgan fingerprint density at radius 3 is 2.79 bits per heavy atom. The number of fused-ring (bicyclic) bond motifs is 1. The number of aromatic nitrogens is 2. The van der Waals surface area contributed by atoms with Crippen molar-refractivity contribution in [3.8, 4) is 6.07 Å². The van der Waals surface area contributed by atoms with Crippen molar-refractivity contribution < 1.29 is 9.73 Å². The quantitative estimate of drug-likeness (QED) is 0.273. The van der Waals surface area contributed by atoms with Crippen molar-refractivity contribution in [2.75, 3.05) is 12.3 Å². The normalized spacial score (nSPS) is 13.1. The van der Waals surface area contributed by atoms with Crippen molar-refractivity contribution in [3.63, 3.8) is 0 Å². The van der Waals surface area contributed by atoms with Gasteiger partial charge in [-0.3, -0.25) is 4.79 Å². The fourth-order valence-corrected chi connectivity index (χ4v) is 3.09. The smallest absolute Gasteiger partial charge is 0.182 e. The van der Waals surface area contributed by atoms with Gasteiger partial charge in [0.1, 0.15) is 5.70 Å². The molecule has 29 heavy (non-hydrogen) atoms. The van der Waals surface area contributed by atoms with Gasteiger partial charge < -0.3 is 15.6 Å². The zero-order valence-corrected chi connectivity index (χ0v) is 15.5. The second-order valence-corrected chi connectivity index (χ2v) is 6.45. The molecule has 0 fully saturated rings. The van der Waals surface area contributed by atoms with Crippen molar-refractivity contribution in [2.24, 2.45) is 0 Å². The predicted molar refractivity (Wildman–Crippen MR) is 107 cm³/mol. The Morgan fingerprint density at radius 1 is 1.21 bits per heavy atom. The SMILES string of the molecule is N#CCCNC1=C(c2nc3ccccc3n2CC(=O)c2ccc(N)cc2)NON1. The Labute approximate surface area is 166 Å². The highest BCUT2D eigenvalue weighted by Crippen LogP contribution is 2.24. The third-order valence-electron chi connectivity index (χ3n) is 4.51. The molecule has 1 aliphatic heterocycles. The summed E-state index contributed by atoms with van der Waals surface area (Å²) in [5, 5.41) is 11.9. The van der Waals surface area contributed by atoms with Crippen LogP contribution in [0.1, 0.15) is 22.6 Å². The molecule has 0 unspecified atom stereocenters. The number of ketones is 1. The number of hydroxylamine groups is 2. The predicted octanol–water partition coefficient (Wildman–Crippen LogP) is 1.67. The number of para-hydroxylation sites is 2. The maximum atomic E-state index is 12.9. The topological polar surface area (TPSA) is 130 Å². The summed E-state index contributed by atoms with van der Waals surface area (Å²) < 4.78 is 1.83. The first-order chi connectivity index (χ1) is 14.2. The highest BCUT2D eigenvalue weighted by Gasteiger charge is 2.24. The lowest BCUT2D eigenvalue weighted by molar-refractivity contribution is 0.0294. The molecule has 2 heterocycles. The fourth-order valence-electron chi connectivity index (χ4n) is 3.09. The van der Waals surface area contributed by atoms with Crippen LogP contribution in [0.2, 0.25) is 0 Å². The third-order valence-corrected chi connectivity index (χ3v) is 4.51. The minimum Gasteiger partial charge on any atom is -0.399 e. The van der Waals surface area contributed by atoms with Gasteiger partial charge in [0.25, 0.3) is 0 Å². The summed E-state index contributed by atoms with van der Waals surface area (Å²) >= 11 is 0. The summed E-state index contributed by atoms with van der Waals surface area (Å²) in [6.45, 7) is 0.536. The molecule has 4 rings (SSSR count). The van der Waals surface area contributed by atoms with E-state index in [0.717, 1.165) is 11.0 Å². The van der Waals surface area contributed by atoms with Crippen LogP contribution < -0.4 is 22.0 Å². The Hall–Kier alpha value is -4.03. The van der Waals surface area contributed by atoms with Crippen molar-refractivity contribution in [2.45, 2.75) is 13.0 Å². The van der Waals surface area contributed by atoms with Crippen molar-refractivity contribution in [1.82, 2.24) is 25.8 Å². The van der Waals surface area contributed by atoms with Crippen LogP contribution in [0.5, 0.6) is 0 Å². The molecule has 2 aromatic carbocycles. The van der Waals surface area contributed by atoms with E-state index in [-0.39, 0.29) is 12.3 Å². The van der Waals surface area contributed by atoms with Crippen molar-refractivity contribution >= 4 is 28.2 Å². The summed E-state index contributed by atoms with van der Waals surface area (Å²) in [7, 11) is 0. The molecule has 0 amide bonds. The van der Waals surface area contributed by atoms with Crippen LogP contribution in [0.15, 0.2) is 54.4 Å². The first-order valence-electron chi connectivity index (χ1n) is 9.04. The molecule has 0 saturated carbocycles. The number of carbonyl (C=O) groups excluding carboxylic acids is 1. The van der Waals surface area contributed by atoms with Crippen LogP contribution in [0.25, 0.3) is 16.7 Å². The molecule has 0 bridgehead atoms. The summed E-state index contributed by atoms with van der Waals surface area (Å²) in [5.41, 5.74) is 14.5. The van der Waals surface area contributed by atoms with Crippen LogP contribution in [-0.4, -0.2) is 21.9 Å². The summed E-state index contributed by atoms with van der Waals surface area (Å²) in [6.07, 6.45) is 0.338. The van der Waals surface area contributed by atoms with Crippen molar-refractivity contribution in [3.05, 3.63) is 65.7 Å². The second kappa shape index (κ2) is 7.92. The first-order valence-corrected chi connectivity index (χ1v) is 9.04. The minimum absolute atomic E-state index is 0.0686. The third kappa shape index (κ3) is 3.69. The first kappa shape index (κ1) is 18.3. The van der Waals surface area contributed by atoms with Gasteiger partial charge in [0.15, 0.2) is 17.4 Å². The van der Waals surface area contributed by atoms with E-state index in [4.69, 9.17) is 15.9 Å². The monoisotopic (exact) mass is 389 g/mol. The van der Waals surface area contributed by atoms with Crippen molar-refractivity contribution in [1.29, 1.82) is 5.26 Å². The van der Waals surface area contributed by atoms with Gasteiger partial charge in [-0.2, -0.15) is 10.2 Å². The average molecular weight is 389 g/mol. The van der Waals surface area contributed by atoms with Crippen LogP contribution >= 0.6 is 0 Å². The van der Waals surface area contributed by atoms with Gasteiger partial charge in [0.2, 0.25) is 0 Å². The van der Waals surface area contributed by atoms with Crippen LogP contribution in [0, 0.1) is 11.3 Å². The number of hydrogen-bond donors (Lipinski definition) is 4. The van der Waals surface area contributed by atoms with E-state index >= 15 is 0 Å². The Kier molecular flexibility index (Phi) is 5.01. The van der Waals surface area contributed by atoms with Crippen LogP contribution in [0.4, 0.5) is 5.69 Å². The number of Topliss-reactive ketones (excluding diaryl/α,β-unsaturated/α-hetero) is 1. The highest BCUT2D eigenvalue weighted by atomic mass is 16.8. The van der Waals surface area contributed by atoms with E-state index in [2.05, 4.69) is 27.3 Å². The maximum Gasteiger partial charge on any atom is 0.182 e. The molecule has 0 aliphatic carbocycles. The summed E-state index contributed by atoms with van der Waals surface area (Å²) in [6, 6.07) is 16.5. The van der Waals surface area contributed by atoms with E-state index in [1.807, 2.05) is 28.8 Å². The van der Waals surface area contributed by atoms with Crippen LogP contribution in [0.3, 0.4) is 0 Å². The zero-order chi connectivity index (χ0) is 20.2. The summed E-state index contributed by atoms with van der Waals surface area (Å²) in [4.78, 5) is 22.7. The number of anilines is 1. The molecule has 0 spiro atoms. The van der Waals surface area contributed by atoms with E-state index in [1.165, 1.54) is 0 Å². The Bertz CT molecular complexity index is 1130. The molecular formula is C20H19N7O2. The molecule has 3 aromatic rings. The number of nitrogens with two attached hydrogens (primary N) is 1. The van der Waals surface area contributed by atoms with Gasteiger partial charge >= 0.3 is 0 Å². The number of imidazole rings is 1. The number of hydrogen-bond acceptors (Lipinski definition) is 8. The lowest BCUT2D eigenvalue weighted by atomic mass is 10.1. The van der Waals surface area contributed by atoms with E-state index < -0.39 is 0 Å². The van der Waals surface area contributed by atoms with Crippen LogP contribution in [-0.2, 0) is 11.5 Å². The molecule has 0 atom stereocenters. The number of carbonyl (C=O) groups is 1. The molecule has 1 aromatic heterocycles. The molecule has 0 radical (unpaired) electrons. The molecule has 9 heteroatoms. The van der Waals surface area contributed by atoms with Gasteiger partial charge in [0.05, 0.1) is 30.1 Å². The minimum atomic E-state index is -0.0686. The molecular weight excluding hydrogens is 370 g/mol. The number of nitrogens with one attached hydrogen (secondary N) is 3. The van der Waals surface area contributed by atoms with Gasteiger partial charge in [-0.05, 0) is 36.4 Å².